The van der Waals surface area contributed by atoms with E-state index in [4.69, 9.17) is 11.8 Å². The smallest absolute Gasteiger partial charge is 0.266 e. The summed E-state index contributed by atoms with van der Waals surface area (Å²) in [5, 5.41) is 11.0. The van der Waals surface area contributed by atoms with Gasteiger partial charge < -0.3 is 0 Å². The molecule has 1 unspecified atom stereocenters. The van der Waals surface area contributed by atoms with Crippen LogP contribution in [0.2, 0.25) is 0 Å². The molecule has 0 fully saturated rings. The lowest BCUT2D eigenvalue weighted by molar-refractivity contribution is 0.0967. The average Bonchev–Trinajstić information content (AvgIpc) is 2.74. The third-order valence-corrected chi connectivity index (χ3v) is 3.76. The van der Waals surface area contributed by atoms with E-state index < -0.39 is 5.92 Å². The molecule has 2 aromatic carbocycles. The lowest BCUT2D eigenvalue weighted by Crippen LogP contribution is -2.04. The number of rotatable bonds is 0. The normalized spacial score (nSPS) is 19.4. The highest BCUT2D eigenvalue weighted by Gasteiger charge is 2.35. The van der Waals surface area contributed by atoms with Crippen molar-refractivity contribution in [3.8, 4) is 6.07 Å². The van der Waals surface area contributed by atoms with Crippen molar-refractivity contribution in [1.29, 1.82) is 5.26 Å². The maximum Gasteiger partial charge on any atom is 0.266 e. The van der Waals surface area contributed by atoms with Gasteiger partial charge in [-0.15, -0.1) is 0 Å². The zero-order valence-corrected chi connectivity index (χ0v) is 10.8. The van der Waals surface area contributed by atoms with Gasteiger partial charge in [0.1, 0.15) is 0 Å². The Kier molecular flexibility index (Phi) is 2.63. The van der Waals surface area contributed by atoms with Crippen molar-refractivity contribution in [3.05, 3.63) is 64.6 Å². The van der Waals surface area contributed by atoms with Crippen LogP contribution in [0.25, 0.3) is 21.2 Å². The van der Waals surface area contributed by atoms with Gasteiger partial charge in [-0.05, 0) is 21.9 Å². The molecule has 3 rings (SSSR count). The second-order valence-corrected chi connectivity index (χ2v) is 4.78. The number of Topliss-reactive ketones (excluding diaryl/α,β-unsaturated/α-hetero) is 1. The topological polar surface area (TPSA) is 45.2 Å². The molecular weight excluding hydrogens is 248 g/mol. The molecule has 3 nitrogen and oxygen atoms in total. The summed E-state index contributed by atoms with van der Waals surface area (Å²) in [4.78, 5) is 15.8. The lowest BCUT2D eigenvalue weighted by Gasteiger charge is -2.05. The number of nitrogens with zero attached hydrogens (tertiary/aromatic N) is 2. The number of allylic oxidation sites excluding steroid dienone is 2. The van der Waals surface area contributed by atoms with Crippen molar-refractivity contribution in [2.75, 3.05) is 0 Å². The second-order valence-electron chi connectivity index (χ2n) is 4.78. The molecule has 0 bridgehead atoms. The number of ketones is 1. The van der Waals surface area contributed by atoms with Crippen molar-refractivity contribution >= 4 is 22.1 Å². The molecule has 0 N–H and O–H groups in total. The van der Waals surface area contributed by atoms with Crippen LogP contribution in [-0.4, -0.2) is 5.78 Å². The Labute approximate surface area is 116 Å². The van der Waals surface area contributed by atoms with Crippen molar-refractivity contribution in [2.24, 2.45) is 5.92 Å². The first-order valence-corrected chi connectivity index (χ1v) is 6.27. The fraction of sp³-hybridized carbons (Fsp3) is 0.118. The predicted octanol–water partition coefficient (Wildman–Crippen LogP) is 3.83. The van der Waals surface area contributed by atoms with E-state index in [9.17, 15) is 4.79 Å². The summed E-state index contributed by atoms with van der Waals surface area (Å²) in [5.74, 6) is -0.442. The zero-order valence-electron chi connectivity index (χ0n) is 10.8. The number of benzene rings is 2. The molecule has 0 saturated heterocycles. The average molecular weight is 258 g/mol. The molecule has 0 heterocycles. The van der Waals surface area contributed by atoms with Crippen LogP contribution in [0.1, 0.15) is 22.8 Å². The quantitative estimate of drug-likeness (QED) is 0.532. The number of carbonyl (C=O) groups is 1. The molecule has 2 aromatic rings. The molecule has 0 spiro atoms. The summed E-state index contributed by atoms with van der Waals surface area (Å²) in [6.07, 6.45) is 0. The molecule has 1 aliphatic rings. The van der Waals surface area contributed by atoms with E-state index in [0.717, 1.165) is 16.3 Å². The van der Waals surface area contributed by atoms with E-state index in [1.54, 1.807) is 6.92 Å². The van der Waals surface area contributed by atoms with Gasteiger partial charge in [0.2, 0.25) is 0 Å². The second kappa shape index (κ2) is 4.33. The lowest BCUT2D eigenvalue weighted by atomic mass is 9.98. The minimum Gasteiger partial charge on any atom is -0.294 e. The highest BCUT2D eigenvalue weighted by atomic mass is 16.1. The van der Waals surface area contributed by atoms with E-state index in [0.29, 0.717) is 11.1 Å². The molecule has 1 aliphatic carbocycles. The Balaban J connectivity index is 2.45. The Morgan fingerprint density at radius 2 is 2.05 bits per heavy atom. The number of hydrogen-bond donors (Lipinski definition) is 0. The van der Waals surface area contributed by atoms with Gasteiger partial charge in [-0.1, -0.05) is 43.3 Å². The Morgan fingerprint density at radius 3 is 2.75 bits per heavy atom. The fourth-order valence-corrected chi connectivity index (χ4v) is 2.82. The summed E-state index contributed by atoms with van der Waals surface area (Å²) in [6.45, 7) is 8.88. The van der Waals surface area contributed by atoms with Crippen LogP contribution in [0, 0.1) is 23.8 Å². The molecule has 1 atom stereocenters. The first-order valence-electron chi connectivity index (χ1n) is 6.27. The Bertz CT molecular complexity index is 847. The highest BCUT2D eigenvalue weighted by Crippen LogP contribution is 2.42. The first-order chi connectivity index (χ1) is 9.69. The van der Waals surface area contributed by atoms with Gasteiger partial charge in [0.05, 0.1) is 12.6 Å². The molecule has 3 heteroatoms. The van der Waals surface area contributed by atoms with Crippen LogP contribution in [0.3, 0.4) is 0 Å². The van der Waals surface area contributed by atoms with Crippen molar-refractivity contribution in [1.82, 2.24) is 0 Å². The largest absolute Gasteiger partial charge is 0.294 e. The minimum absolute atomic E-state index is 0.0109. The first kappa shape index (κ1) is 12.1. The molecular formula is C17H10N2O. The van der Waals surface area contributed by atoms with E-state index in [-0.39, 0.29) is 11.5 Å². The molecule has 0 amide bonds. The van der Waals surface area contributed by atoms with Crippen LogP contribution >= 0.6 is 0 Å². The van der Waals surface area contributed by atoms with Crippen LogP contribution in [0.4, 0.5) is 0 Å². The Hall–Kier alpha value is -2.91. The minimum atomic E-state index is -0.431. The van der Waals surface area contributed by atoms with Gasteiger partial charge in [0.15, 0.2) is 5.78 Å². The summed E-state index contributed by atoms with van der Waals surface area (Å²) in [6, 6.07) is 13.4. The molecule has 0 saturated carbocycles. The van der Waals surface area contributed by atoms with E-state index in [1.807, 2.05) is 42.5 Å². The van der Waals surface area contributed by atoms with Crippen molar-refractivity contribution in [2.45, 2.75) is 6.92 Å². The number of fused-ring (bicyclic) bond motifs is 3. The molecule has 20 heavy (non-hydrogen) atoms. The van der Waals surface area contributed by atoms with Crippen molar-refractivity contribution in [3.63, 3.8) is 0 Å². The Morgan fingerprint density at radius 1 is 1.30 bits per heavy atom. The molecule has 94 valence electrons. The van der Waals surface area contributed by atoms with Gasteiger partial charge in [-0.3, -0.25) is 4.79 Å². The van der Waals surface area contributed by atoms with Gasteiger partial charge in [-0.2, -0.15) is 0 Å². The van der Waals surface area contributed by atoms with Gasteiger partial charge in [0, 0.05) is 11.5 Å². The fourth-order valence-electron chi connectivity index (χ4n) is 2.82. The van der Waals surface area contributed by atoms with Crippen molar-refractivity contribution < 1.29 is 4.79 Å². The van der Waals surface area contributed by atoms with Gasteiger partial charge in [0.25, 0.3) is 5.70 Å². The third kappa shape index (κ3) is 1.47. The van der Waals surface area contributed by atoms with E-state index in [2.05, 4.69) is 4.85 Å². The van der Waals surface area contributed by atoms with Crippen LogP contribution in [-0.2, 0) is 0 Å². The third-order valence-electron chi connectivity index (χ3n) is 3.76. The maximum absolute atomic E-state index is 12.5. The standard InChI is InChI=1S/C17H10N2O/c1-10-15(14(9-18)19-2)13-8-7-11-5-3-4-6-12(11)16(13)17(10)20/h3-8,10H,1H3/b15-14+. The van der Waals surface area contributed by atoms with E-state index in [1.165, 1.54) is 0 Å². The molecule has 0 aromatic heterocycles. The summed E-state index contributed by atoms with van der Waals surface area (Å²) >= 11 is 0. The summed E-state index contributed by atoms with van der Waals surface area (Å²) < 4.78 is 0. The maximum atomic E-state index is 12.5. The van der Waals surface area contributed by atoms with Crippen LogP contribution < -0.4 is 0 Å². The van der Waals surface area contributed by atoms with Crippen LogP contribution in [0.5, 0.6) is 0 Å². The summed E-state index contributed by atoms with van der Waals surface area (Å²) in [5.41, 5.74) is 1.95. The SMILES string of the molecule is [C-]#[N+]/C(C#N)=C1/c2ccc3ccccc3c2C(=O)C1C. The van der Waals surface area contributed by atoms with Gasteiger partial charge >= 0.3 is 0 Å². The van der Waals surface area contributed by atoms with E-state index >= 15 is 0 Å². The summed E-state index contributed by atoms with van der Waals surface area (Å²) in [7, 11) is 0. The highest BCUT2D eigenvalue weighted by molar-refractivity contribution is 6.21. The van der Waals surface area contributed by atoms with Gasteiger partial charge in [-0.25, -0.2) is 10.1 Å². The monoisotopic (exact) mass is 258 g/mol. The zero-order chi connectivity index (χ0) is 14.3. The number of nitriles is 1. The number of hydrogen-bond acceptors (Lipinski definition) is 2. The molecule has 0 aliphatic heterocycles. The molecule has 0 radical (unpaired) electrons. The number of carbonyl (C=O) groups excluding carboxylic acids is 1. The van der Waals surface area contributed by atoms with Crippen LogP contribution in [0.15, 0.2) is 42.1 Å². The predicted molar refractivity (Wildman–Crippen MR) is 76.6 cm³/mol.